The highest BCUT2D eigenvalue weighted by molar-refractivity contribution is 9.08. The summed E-state index contributed by atoms with van der Waals surface area (Å²) in [4.78, 5) is 0. The van der Waals surface area contributed by atoms with Gasteiger partial charge in [0.15, 0.2) is 0 Å². The Hall–Kier alpha value is -1.50. The summed E-state index contributed by atoms with van der Waals surface area (Å²) in [6.07, 6.45) is -3.78. The van der Waals surface area contributed by atoms with Crippen molar-refractivity contribution in [1.29, 1.82) is 0 Å². The molecule has 0 spiro atoms. The normalized spacial score (nSPS) is 19.7. The van der Waals surface area contributed by atoms with Crippen LogP contribution in [0.4, 0.5) is 13.2 Å². The molecule has 2 aromatic rings. The van der Waals surface area contributed by atoms with Crippen molar-refractivity contribution in [2.75, 3.05) is 0 Å². The number of alkyl halides is 4. The average molecular weight is 390 g/mol. The molecule has 1 unspecified atom stereocenters. The van der Waals surface area contributed by atoms with E-state index in [1.165, 1.54) is 12.1 Å². The minimum atomic E-state index is -4.75. The van der Waals surface area contributed by atoms with E-state index in [0.717, 1.165) is 17.7 Å². The Balaban J connectivity index is 2.03. The molecule has 0 saturated heterocycles. The van der Waals surface area contributed by atoms with Gasteiger partial charge in [-0.2, -0.15) is 0 Å². The fourth-order valence-electron chi connectivity index (χ4n) is 2.73. The number of hydrogen-bond acceptors (Lipinski definition) is 3. The lowest BCUT2D eigenvalue weighted by molar-refractivity contribution is -0.274. The predicted molar refractivity (Wildman–Crippen MR) is 82.4 cm³/mol. The quantitative estimate of drug-likeness (QED) is 0.633. The van der Waals surface area contributed by atoms with Gasteiger partial charge in [0, 0.05) is 22.4 Å². The lowest BCUT2D eigenvalue weighted by Gasteiger charge is -2.12. The van der Waals surface area contributed by atoms with Crippen molar-refractivity contribution in [3.63, 3.8) is 0 Å². The standard InChI is InChI=1S/C16H15BrF3NO2/c1-15(2)7-11(15)14-10(8-17)13(21-23-14)9-5-3-4-6-12(9)22-16(18,19)20/h3-6,11H,7-8H2,1-2H3. The van der Waals surface area contributed by atoms with Gasteiger partial charge in [-0.05, 0) is 24.0 Å². The van der Waals surface area contributed by atoms with E-state index in [1.54, 1.807) is 12.1 Å². The molecular weight excluding hydrogens is 375 g/mol. The van der Waals surface area contributed by atoms with Crippen molar-refractivity contribution in [2.45, 2.75) is 37.9 Å². The first-order valence-corrected chi connectivity index (χ1v) is 8.24. The van der Waals surface area contributed by atoms with Gasteiger partial charge in [0.05, 0.1) is 0 Å². The SMILES string of the molecule is CC1(C)CC1c1onc(-c2ccccc2OC(F)(F)F)c1CBr. The largest absolute Gasteiger partial charge is 0.573 e. The van der Waals surface area contributed by atoms with E-state index >= 15 is 0 Å². The Morgan fingerprint density at radius 2 is 2.00 bits per heavy atom. The second-order valence-corrected chi connectivity index (χ2v) is 6.86. The van der Waals surface area contributed by atoms with Crippen LogP contribution in [0.25, 0.3) is 11.3 Å². The maximum absolute atomic E-state index is 12.6. The molecule has 1 aromatic carbocycles. The van der Waals surface area contributed by atoms with Crippen molar-refractivity contribution in [3.8, 4) is 17.0 Å². The van der Waals surface area contributed by atoms with E-state index in [0.29, 0.717) is 11.0 Å². The predicted octanol–water partition coefficient (Wildman–Crippen LogP) is 5.65. The molecule has 0 N–H and O–H groups in total. The molecule has 0 bridgehead atoms. The van der Waals surface area contributed by atoms with Gasteiger partial charge >= 0.3 is 6.36 Å². The molecule has 1 heterocycles. The van der Waals surface area contributed by atoms with Gasteiger partial charge < -0.3 is 9.26 Å². The van der Waals surface area contributed by atoms with Gasteiger partial charge in [0.2, 0.25) is 0 Å². The number of ether oxygens (including phenoxy) is 1. The fraction of sp³-hybridized carbons (Fsp3) is 0.438. The summed E-state index contributed by atoms with van der Waals surface area (Å²) in [5, 5.41) is 4.47. The summed E-state index contributed by atoms with van der Waals surface area (Å²) >= 11 is 3.39. The first-order valence-electron chi connectivity index (χ1n) is 7.12. The van der Waals surface area contributed by atoms with E-state index in [2.05, 4.69) is 39.7 Å². The monoisotopic (exact) mass is 389 g/mol. The summed E-state index contributed by atoms with van der Waals surface area (Å²) in [6, 6.07) is 5.96. The minimum Gasteiger partial charge on any atom is -0.405 e. The van der Waals surface area contributed by atoms with E-state index in [-0.39, 0.29) is 22.6 Å². The van der Waals surface area contributed by atoms with E-state index < -0.39 is 6.36 Å². The van der Waals surface area contributed by atoms with Gasteiger partial charge in [0.25, 0.3) is 0 Å². The van der Waals surface area contributed by atoms with Crippen LogP contribution < -0.4 is 4.74 Å². The zero-order chi connectivity index (χ0) is 16.8. The van der Waals surface area contributed by atoms with Crippen molar-refractivity contribution in [3.05, 3.63) is 35.6 Å². The third-order valence-corrected chi connectivity index (χ3v) is 4.71. The van der Waals surface area contributed by atoms with Crippen LogP contribution in [0.2, 0.25) is 0 Å². The first-order chi connectivity index (χ1) is 10.7. The number of nitrogens with zero attached hydrogens (tertiary/aromatic N) is 1. The van der Waals surface area contributed by atoms with Gasteiger partial charge in [-0.15, -0.1) is 13.2 Å². The molecule has 1 aliphatic carbocycles. The van der Waals surface area contributed by atoms with Gasteiger partial charge in [0.1, 0.15) is 17.2 Å². The van der Waals surface area contributed by atoms with Crippen LogP contribution in [0.5, 0.6) is 5.75 Å². The molecule has 1 aliphatic rings. The van der Waals surface area contributed by atoms with Crippen LogP contribution >= 0.6 is 15.9 Å². The molecule has 3 rings (SSSR count). The first kappa shape index (κ1) is 16.4. The summed E-state index contributed by atoms with van der Waals surface area (Å²) in [5.74, 6) is 0.702. The third kappa shape index (κ3) is 3.24. The topological polar surface area (TPSA) is 35.3 Å². The fourth-order valence-corrected chi connectivity index (χ4v) is 3.27. The number of halogens is 4. The molecule has 7 heteroatoms. The van der Waals surface area contributed by atoms with Gasteiger partial charge in [-0.1, -0.05) is 47.1 Å². The molecule has 1 fully saturated rings. The summed E-state index contributed by atoms with van der Waals surface area (Å²) in [6.45, 7) is 4.25. The number of benzene rings is 1. The Morgan fingerprint density at radius 1 is 1.35 bits per heavy atom. The van der Waals surface area contributed by atoms with Gasteiger partial charge in [-0.25, -0.2) is 0 Å². The Bertz CT molecular complexity index is 724. The van der Waals surface area contributed by atoms with E-state index in [1.807, 2.05) is 0 Å². The molecule has 0 amide bonds. The minimum absolute atomic E-state index is 0.135. The molecule has 1 atom stereocenters. The smallest absolute Gasteiger partial charge is 0.405 e. The second kappa shape index (κ2) is 5.54. The van der Waals surface area contributed by atoms with Crippen LogP contribution in [0.1, 0.15) is 37.5 Å². The molecule has 124 valence electrons. The van der Waals surface area contributed by atoms with Crippen LogP contribution in [-0.4, -0.2) is 11.5 Å². The number of aromatic nitrogens is 1. The van der Waals surface area contributed by atoms with E-state index in [4.69, 9.17) is 4.52 Å². The van der Waals surface area contributed by atoms with Crippen molar-refractivity contribution < 1.29 is 22.4 Å². The summed E-state index contributed by atoms with van der Waals surface area (Å²) in [7, 11) is 0. The summed E-state index contributed by atoms with van der Waals surface area (Å²) in [5.41, 5.74) is 1.57. The lowest BCUT2D eigenvalue weighted by Crippen LogP contribution is -2.17. The second-order valence-electron chi connectivity index (χ2n) is 6.30. The van der Waals surface area contributed by atoms with Crippen molar-refractivity contribution >= 4 is 15.9 Å². The zero-order valence-corrected chi connectivity index (χ0v) is 14.2. The summed E-state index contributed by atoms with van der Waals surface area (Å²) < 4.78 is 47.4. The molecule has 23 heavy (non-hydrogen) atoms. The van der Waals surface area contributed by atoms with Crippen molar-refractivity contribution in [2.24, 2.45) is 5.41 Å². The lowest BCUT2D eigenvalue weighted by atomic mass is 10.0. The molecule has 1 aromatic heterocycles. The molecule has 0 radical (unpaired) electrons. The number of hydrogen-bond donors (Lipinski definition) is 0. The maximum Gasteiger partial charge on any atom is 0.573 e. The third-order valence-electron chi connectivity index (χ3n) is 4.15. The molecular formula is C16H15BrF3NO2. The Morgan fingerprint density at radius 3 is 2.57 bits per heavy atom. The van der Waals surface area contributed by atoms with E-state index in [9.17, 15) is 13.2 Å². The van der Waals surface area contributed by atoms with Crippen molar-refractivity contribution in [1.82, 2.24) is 5.16 Å². The zero-order valence-electron chi connectivity index (χ0n) is 12.6. The Labute approximate surface area is 139 Å². The van der Waals surface area contributed by atoms with Crippen LogP contribution in [0, 0.1) is 5.41 Å². The highest BCUT2D eigenvalue weighted by Gasteiger charge is 2.50. The van der Waals surface area contributed by atoms with Crippen LogP contribution in [0.15, 0.2) is 28.8 Å². The highest BCUT2D eigenvalue weighted by Crippen LogP contribution is 2.60. The molecule has 0 aliphatic heterocycles. The number of rotatable bonds is 4. The average Bonchev–Trinajstić information content (AvgIpc) is 2.91. The Kier molecular flexibility index (Phi) is 3.94. The van der Waals surface area contributed by atoms with Crippen LogP contribution in [-0.2, 0) is 5.33 Å². The highest BCUT2D eigenvalue weighted by atomic mass is 79.9. The number of para-hydroxylation sites is 1. The molecule has 1 saturated carbocycles. The van der Waals surface area contributed by atoms with Gasteiger partial charge in [-0.3, -0.25) is 0 Å². The van der Waals surface area contributed by atoms with Crippen LogP contribution in [0.3, 0.4) is 0 Å². The maximum atomic E-state index is 12.6. The molecule has 3 nitrogen and oxygen atoms in total.